The van der Waals surface area contributed by atoms with Crippen molar-refractivity contribution in [1.82, 2.24) is 9.97 Å². The Morgan fingerprint density at radius 1 is 1.30 bits per heavy atom. The predicted octanol–water partition coefficient (Wildman–Crippen LogP) is 2.82. The molecule has 1 aliphatic rings. The summed E-state index contributed by atoms with van der Waals surface area (Å²) >= 11 is 0. The highest BCUT2D eigenvalue weighted by Crippen LogP contribution is 2.41. The molecule has 0 unspecified atom stereocenters. The van der Waals surface area contributed by atoms with Gasteiger partial charge in [0.25, 0.3) is 0 Å². The van der Waals surface area contributed by atoms with E-state index in [0.717, 1.165) is 48.7 Å². The number of nitrogen functional groups attached to an aromatic ring is 1. The summed E-state index contributed by atoms with van der Waals surface area (Å²) < 4.78 is 6.11. The van der Waals surface area contributed by atoms with E-state index in [1.807, 2.05) is 20.8 Å². The Balaban J connectivity index is 2.41. The normalized spacial score (nSPS) is 26.6. The molecule has 0 radical (unpaired) electrons. The molecular formula is C15H26N4O. The number of hydrogen-bond acceptors (Lipinski definition) is 5. The Hall–Kier alpha value is -1.20. The molecule has 112 valence electrons. The van der Waals surface area contributed by atoms with Crippen LogP contribution in [0.15, 0.2) is 0 Å². The summed E-state index contributed by atoms with van der Waals surface area (Å²) in [7, 11) is 0. The molecule has 1 fully saturated rings. The zero-order valence-electron chi connectivity index (χ0n) is 13.0. The minimum Gasteiger partial charge on any atom is -0.367 e. The van der Waals surface area contributed by atoms with Crippen LogP contribution < -0.4 is 11.3 Å². The molecule has 0 spiro atoms. The number of hydrogen-bond donors (Lipinski definition) is 2. The third kappa shape index (κ3) is 2.79. The second-order valence-corrected chi connectivity index (χ2v) is 5.86. The maximum atomic E-state index is 6.11. The van der Waals surface area contributed by atoms with Crippen molar-refractivity contribution in [2.45, 2.75) is 59.0 Å². The van der Waals surface area contributed by atoms with Crippen LogP contribution in [-0.2, 0) is 10.3 Å². The lowest BCUT2D eigenvalue weighted by Gasteiger charge is -2.38. The topological polar surface area (TPSA) is 73.1 Å². The number of nitrogens with one attached hydrogen (secondary N) is 1. The number of aryl methyl sites for hydroxylation is 1. The van der Waals surface area contributed by atoms with Crippen molar-refractivity contribution < 1.29 is 4.74 Å². The van der Waals surface area contributed by atoms with Crippen molar-refractivity contribution in [1.29, 1.82) is 0 Å². The zero-order valence-corrected chi connectivity index (χ0v) is 13.0. The van der Waals surface area contributed by atoms with E-state index in [0.29, 0.717) is 12.4 Å². The molecule has 5 nitrogen and oxygen atoms in total. The van der Waals surface area contributed by atoms with E-state index in [1.165, 1.54) is 0 Å². The second kappa shape index (κ2) is 6.06. The molecule has 2 rings (SSSR count). The summed E-state index contributed by atoms with van der Waals surface area (Å²) in [5.74, 6) is 7.81. The van der Waals surface area contributed by atoms with Gasteiger partial charge in [0.2, 0.25) is 0 Å². The van der Waals surface area contributed by atoms with E-state index >= 15 is 0 Å². The minimum atomic E-state index is -0.342. The Bertz CT molecular complexity index is 467. The van der Waals surface area contributed by atoms with Gasteiger partial charge in [-0.25, -0.2) is 15.8 Å². The lowest BCUT2D eigenvalue weighted by atomic mass is 9.78. The number of hydrazine groups is 1. The van der Waals surface area contributed by atoms with Crippen LogP contribution >= 0.6 is 0 Å². The summed E-state index contributed by atoms with van der Waals surface area (Å²) in [5, 5.41) is 0. The van der Waals surface area contributed by atoms with Crippen molar-refractivity contribution in [2.75, 3.05) is 12.0 Å². The van der Waals surface area contributed by atoms with Gasteiger partial charge in [-0.2, -0.15) is 0 Å². The largest absolute Gasteiger partial charge is 0.367 e. The van der Waals surface area contributed by atoms with Gasteiger partial charge in [-0.1, -0.05) is 6.92 Å². The van der Waals surface area contributed by atoms with Gasteiger partial charge >= 0.3 is 0 Å². The highest BCUT2D eigenvalue weighted by Gasteiger charge is 2.39. The smallest absolute Gasteiger partial charge is 0.162 e. The maximum absolute atomic E-state index is 6.11. The van der Waals surface area contributed by atoms with E-state index in [2.05, 4.69) is 22.3 Å². The van der Waals surface area contributed by atoms with Crippen LogP contribution in [0.25, 0.3) is 0 Å². The molecular weight excluding hydrogens is 252 g/mol. The summed E-state index contributed by atoms with van der Waals surface area (Å²) in [5.41, 5.74) is 4.29. The van der Waals surface area contributed by atoms with Gasteiger partial charge in [0.05, 0.1) is 0 Å². The van der Waals surface area contributed by atoms with E-state index in [-0.39, 0.29) is 5.60 Å². The van der Waals surface area contributed by atoms with Crippen LogP contribution in [-0.4, -0.2) is 16.6 Å². The first-order valence-electron chi connectivity index (χ1n) is 7.48. The van der Waals surface area contributed by atoms with Crippen LogP contribution in [0.1, 0.15) is 56.6 Å². The SMILES string of the molecule is CCOC1(c2nc(C)c(C)c(NN)n2)CCC(C)CC1. The number of aromatic nitrogens is 2. The van der Waals surface area contributed by atoms with E-state index in [9.17, 15) is 0 Å². The molecule has 1 heterocycles. The third-order valence-electron chi connectivity index (χ3n) is 4.44. The highest BCUT2D eigenvalue weighted by molar-refractivity contribution is 5.44. The Labute approximate surface area is 121 Å². The zero-order chi connectivity index (χ0) is 14.8. The molecule has 0 aromatic carbocycles. The van der Waals surface area contributed by atoms with Gasteiger partial charge < -0.3 is 10.2 Å². The molecule has 0 saturated heterocycles. The second-order valence-electron chi connectivity index (χ2n) is 5.86. The van der Waals surface area contributed by atoms with Crippen molar-refractivity contribution >= 4 is 5.82 Å². The van der Waals surface area contributed by atoms with Gasteiger partial charge in [0, 0.05) is 17.9 Å². The molecule has 20 heavy (non-hydrogen) atoms. The van der Waals surface area contributed by atoms with E-state index < -0.39 is 0 Å². The van der Waals surface area contributed by atoms with Crippen LogP contribution in [0.2, 0.25) is 0 Å². The van der Waals surface area contributed by atoms with Gasteiger partial charge in [-0.15, -0.1) is 0 Å². The molecule has 0 bridgehead atoms. The number of anilines is 1. The number of nitrogens with two attached hydrogens (primary N) is 1. The van der Waals surface area contributed by atoms with Crippen LogP contribution in [0.5, 0.6) is 0 Å². The average Bonchev–Trinajstić information content (AvgIpc) is 2.44. The van der Waals surface area contributed by atoms with E-state index in [4.69, 9.17) is 10.6 Å². The third-order valence-corrected chi connectivity index (χ3v) is 4.44. The minimum absolute atomic E-state index is 0.342. The fraction of sp³-hybridized carbons (Fsp3) is 0.733. The molecule has 1 aliphatic carbocycles. The van der Waals surface area contributed by atoms with Gasteiger partial charge in [0.1, 0.15) is 11.4 Å². The first-order valence-corrected chi connectivity index (χ1v) is 7.48. The lowest BCUT2D eigenvalue weighted by Crippen LogP contribution is -2.37. The van der Waals surface area contributed by atoms with Gasteiger partial charge in [0.15, 0.2) is 5.82 Å². The summed E-state index contributed by atoms with van der Waals surface area (Å²) in [6.45, 7) is 8.97. The summed E-state index contributed by atoms with van der Waals surface area (Å²) in [6, 6.07) is 0. The molecule has 1 aromatic rings. The molecule has 1 aromatic heterocycles. The van der Waals surface area contributed by atoms with Crippen LogP contribution in [0.3, 0.4) is 0 Å². The molecule has 0 amide bonds. The fourth-order valence-corrected chi connectivity index (χ4v) is 2.91. The van der Waals surface area contributed by atoms with Gasteiger partial charge in [-0.05, 0) is 52.4 Å². The average molecular weight is 278 g/mol. The van der Waals surface area contributed by atoms with Crippen LogP contribution in [0, 0.1) is 19.8 Å². The van der Waals surface area contributed by atoms with Crippen molar-refractivity contribution in [3.8, 4) is 0 Å². The number of rotatable bonds is 4. The standard InChI is InChI=1S/C15H26N4O/c1-5-20-15(8-6-10(2)7-9-15)14-17-12(4)11(3)13(18-14)19-16/h10H,5-9,16H2,1-4H3,(H,17,18,19). The number of ether oxygens (including phenoxy) is 1. The van der Waals surface area contributed by atoms with Gasteiger partial charge in [-0.3, -0.25) is 0 Å². The van der Waals surface area contributed by atoms with Crippen molar-refractivity contribution in [2.24, 2.45) is 11.8 Å². The molecule has 5 heteroatoms. The first-order chi connectivity index (χ1) is 9.52. The molecule has 0 aliphatic heterocycles. The summed E-state index contributed by atoms with van der Waals surface area (Å²) in [6.07, 6.45) is 4.27. The quantitative estimate of drug-likeness (QED) is 0.654. The maximum Gasteiger partial charge on any atom is 0.162 e. The monoisotopic (exact) mass is 278 g/mol. The highest BCUT2D eigenvalue weighted by atomic mass is 16.5. The Morgan fingerprint density at radius 3 is 2.50 bits per heavy atom. The van der Waals surface area contributed by atoms with Crippen LogP contribution in [0.4, 0.5) is 5.82 Å². The summed E-state index contributed by atoms with van der Waals surface area (Å²) in [4.78, 5) is 9.31. The predicted molar refractivity (Wildman–Crippen MR) is 80.3 cm³/mol. The van der Waals surface area contributed by atoms with E-state index in [1.54, 1.807) is 0 Å². The molecule has 0 atom stereocenters. The molecule has 3 N–H and O–H groups in total. The Kier molecular flexibility index (Phi) is 4.60. The van der Waals surface area contributed by atoms with Crippen molar-refractivity contribution in [3.05, 3.63) is 17.1 Å². The lowest BCUT2D eigenvalue weighted by molar-refractivity contribution is -0.0837. The van der Waals surface area contributed by atoms with Crippen molar-refractivity contribution in [3.63, 3.8) is 0 Å². The Morgan fingerprint density at radius 2 is 1.95 bits per heavy atom. The number of nitrogens with zero attached hydrogens (tertiary/aromatic N) is 2. The first kappa shape index (κ1) is 15.2. The fourth-order valence-electron chi connectivity index (χ4n) is 2.91. The molecule has 1 saturated carbocycles.